The van der Waals surface area contributed by atoms with Gasteiger partial charge in [-0.1, -0.05) is 35.9 Å². The number of halogens is 1. The number of carboxylic acids is 1. The third kappa shape index (κ3) is 5.84. The summed E-state index contributed by atoms with van der Waals surface area (Å²) < 4.78 is 29.2. The molecule has 1 unspecified atom stereocenters. The predicted octanol–water partition coefficient (Wildman–Crippen LogP) is 4.42. The fourth-order valence-corrected chi connectivity index (χ4v) is 6.26. The van der Waals surface area contributed by atoms with Gasteiger partial charge in [0.2, 0.25) is 0 Å². The Kier molecular flexibility index (Phi) is 7.63. The van der Waals surface area contributed by atoms with Crippen molar-refractivity contribution in [3.8, 4) is 0 Å². The van der Waals surface area contributed by atoms with E-state index < -0.39 is 27.8 Å². The maximum atomic E-state index is 13.3. The first-order valence-corrected chi connectivity index (χ1v) is 15.1. The molecule has 5 rings (SSSR count). The van der Waals surface area contributed by atoms with Crippen LogP contribution in [0.15, 0.2) is 70.2 Å². The second-order valence-corrected chi connectivity index (χ2v) is 12.6. The number of nitrogens with one attached hydrogen (secondary N) is 1. The first kappa shape index (κ1) is 28.4. The zero-order chi connectivity index (χ0) is 29.5. The molecular weight excluding hydrogens is 568 g/mol. The number of hydrogen-bond donors (Lipinski definition) is 2. The van der Waals surface area contributed by atoms with Gasteiger partial charge in [0.1, 0.15) is 11.6 Å². The second-order valence-electron chi connectivity index (χ2n) is 10.2. The van der Waals surface area contributed by atoms with Gasteiger partial charge in [0.25, 0.3) is 11.8 Å². The quantitative estimate of drug-likeness (QED) is 0.323. The third-order valence-electron chi connectivity index (χ3n) is 7.24. The zero-order valence-corrected chi connectivity index (χ0v) is 23.9. The molecule has 3 aromatic carbocycles. The molecule has 2 N–H and O–H groups in total. The summed E-state index contributed by atoms with van der Waals surface area (Å²) in [5, 5.41) is 13.5. The van der Waals surface area contributed by atoms with Crippen molar-refractivity contribution in [2.75, 3.05) is 12.8 Å². The van der Waals surface area contributed by atoms with Crippen molar-refractivity contribution in [2.45, 2.75) is 37.2 Å². The lowest BCUT2D eigenvalue weighted by molar-refractivity contribution is -0.139. The van der Waals surface area contributed by atoms with Crippen LogP contribution in [0.2, 0.25) is 5.02 Å². The molecule has 0 fully saturated rings. The van der Waals surface area contributed by atoms with E-state index in [0.717, 1.165) is 22.8 Å². The van der Waals surface area contributed by atoms with Crippen LogP contribution in [-0.2, 0) is 34.0 Å². The van der Waals surface area contributed by atoms with Crippen molar-refractivity contribution in [3.05, 3.63) is 99.3 Å². The summed E-state index contributed by atoms with van der Waals surface area (Å²) in [4.78, 5) is 40.3. The number of benzene rings is 3. The van der Waals surface area contributed by atoms with Gasteiger partial charge in [0.15, 0.2) is 9.84 Å². The number of rotatable bonds is 7. The maximum absolute atomic E-state index is 13.3. The van der Waals surface area contributed by atoms with Crippen molar-refractivity contribution in [1.82, 2.24) is 10.2 Å². The van der Waals surface area contributed by atoms with Crippen LogP contribution in [0.25, 0.3) is 11.0 Å². The highest BCUT2D eigenvalue weighted by atomic mass is 35.5. The lowest BCUT2D eigenvalue weighted by Crippen LogP contribution is -2.43. The van der Waals surface area contributed by atoms with Gasteiger partial charge in [-0.15, -0.1) is 0 Å². The highest BCUT2D eigenvalue weighted by Crippen LogP contribution is 2.33. The number of aliphatic carboxylic acids is 1. The van der Waals surface area contributed by atoms with E-state index in [0.29, 0.717) is 41.8 Å². The number of sulfone groups is 1. The number of furan rings is 1. The topological polar surface area (TPSA) is 134 Å². The van der Waals surface area contributed by atoms with Crippen molar-refractivity contribution in [3.63, 3.8) is 0 Å². The molecule has 41 heavy (non-hydrogen) atoms. The Morgan fingerprint density at radius 2 is 1.90 bits per heavy atom. The number of nitrogens with zero attached hydrogens (tertiary/aromatic N) is 1. The molecule has 1 aliphatic heterocycles. The Hall–Kier alpha value is -4.15. The zero-order valence-electron chi connectivity index (χ0n) is 22.3. The summed E-state index contributed by atoms with van der Waals surface area (Å²) in [5.41, 5.74) is 3.85. The van der Waals surface area contributed by atoms with Gasteiger partial charge in [-0.2, -0.15) is 0 Å². The van der Waals surface area contributed by atoms with Crippen molar-refractivity contribution < 1.29 is 32.3 Å². The SMILES string of the molecule is Cc1cc2c(c(Cl)c1C(=O)NC(Cc1cccc(S(C)(=O)=O)c1)C(=O)O)CCN(C(=O)c1ccc3ccoc3c1)C2. The fourth-order valence-electron chi connectivity index (χ4n) is 5.12. The molecule has 0 spiro atoms. The summed E-state index contributed by atoms with van der Waals surface area (Å²) >= 11 is 6.73. The molecule has 1 atom stereocenters. The van der Waals surface area contributed by atoms with Crippen LogP contribution in [0.1, 0.15) is 43.0 Å². The number of carbonyl (C=O) groups excluding carboxylic acids is 2. The van der Waals surface area contributed by atoms with E-state index in [-0.39, 0.29) is 27.8 Å². The molecule has 0 saturated heterocycles. The Balaban J connectivity index is 1.35. The molecule has 0 aliphatic carbocycles. The number of fused-ring (bicyclic) bond motifs is 2. The summed E-state index contributed by atoms with van der Waals surface area (Å²) in [7, 11) is -3.48. The maximum Gasteiger partial charge on any atom is 0.326 e. The Bertz CT molecular complexity index is 1810. The lowest BCUT2D eigenvalue weighted by Gasteiger charge is -2.31. The van der Waals surface area contributed by atoms with Gasteiger partial charge in [0.05, 0.1) is 21.7 Å². The minimum absolute atomic E-state index is 0.0630. The molecule has 0 radical (unpaired) electrons. The predicted molar refractivity (Wildman–Crippen MR) is 153 cm³/mol. The second kappa shape index (κ2) is 11.0. The third-order valence-corrected chi connectivity index (χ3v) is 8.76. The molecule has 1 aromatic heterocycles. The van der Waals surface area contributed by atoms with E-state index in [2.05, 4.69) is 5.32 Å². The van der Waals surface area contributed by atoms with Crippen molar-refractivity contribution in [2.24, 2.45) is 0 Å². The molecule has 212 valence electrons. The van der Waals surface area contributed by atoms with Gasteiger partial charge in [-0.25, -0.2) is 13.2 Å². The molecule has 0 saturated carbocycles. The molecule has 4 aromatic rings. The number of aryl methyl sites for hydroxylation is 1. The van der Waals surface area contributed by atoms with E-state index in [9.17, 15) is 27.9 Å². The van der Waals surface area contributed by atoms with Gasteiger partial charge in [-0.05, 0) is 65.9 Å². The minimum atomic E-state index is -3.48. The van der Waals surface area contributed by atoms with Crippen LogP contribution in [0.5, 0.6) is 0 Å². The van der Waals surface area contributed by atoms with E-state index >= 15 is 0 Å². The highest BCUT2D eigenvalue weighted by Gasteiger charge is 2.29. The summed E-state index contributed by atoms with van der Waals surface area (Å²) in [5.74, 6) is -2.06. The van der Waals surface area contributed by atoms with Crippen molar-refractivity contribution in [1.29, 1.82) is 0 Å². The van der Waals surface area contributed by atoms with E-state index in [4.69, 9.17) is 16.0 Å². The van der Waals surface area contributed by atoms with E-state index in [1.807, 2.05) is 12.1 Å². The van der Waals surface area contributed by atoms with Gasteiger partial charge in [-0.3, -0.25) is 9.59 Å². The van der Waals surface area contributed by atoms with E-state index in [1.165, 1.54) is 18.2 Å². The number of carbonyl (C=O) groups is 3. The average Bonchev–Trinajstić information content (AvgIpc) is 3.39. The fraction of sp³-hybridized carbons (Fsp3) is 0.233. The Morgan fingerprint density at radius 3 is 2.63 bits per heavy atom. The number of carboxylic acid groups (broad SMARTS) is 1. The van der Waals surface area contributed by atoms with Crippen molar-refractivity contribution >= 4 is 50.2 Å². The van der Waals surface area contributed by atoms with Crippen LogP contribution in [0, 0.1) is 6.92 Å². The highest BCUT2D eigenvalue weighted by molar-refractivity contribution is 7.90. The van der Waals surface area contributed by atoms with Crippen LogP contribution in [-0.4, -0.2) is 55.1 Å². The lowest BCUT2D eigenvalue weighted by atomic mass is 9.92. The number of hydrogen-bond acceptors (Lipinski definition) is 6. The summed E-state index contributed by atoms with van der Waals surface area (Å²) in [6.07, 6.45) is 2.94. The van der Waals surface area contributed by atoms with E-state index in [1.54, 1.807) is 42.4 Å². The molecule has 2 amide bonds. The molecule has 0 bridgehead atoms. The average molecular weight is 595 g/mol. The summed E-state index contributed by atoms with van der Waals surface area (Å²) in [6, 6.07) is 13.6. The summed E-state index contributed by atoms with van der Waals surface area (Å²) in [6.45, 7) is 2.40. The van der Waals surface area contributed by atoms with Crippen LogP contribution >= 0.6 is 11.6 Å². The normalized spacial score (nSPS) is 14.0. The van der Waals surface area contributed by atoms with Gasteiger partial charge >= 0.3 is 5.97 Å². The molecular formula is C30H27ClN2O7S. The molecule has 1 aliphatic rings. The van der Waals surface area contributed by atoms with Crippen LogP contribution in [0.3, 0.4) is 0 Å². The van der Waals surface area contributed by atoms with Crippen LogP contribution in [0.4, 0.5) is 0 Å². The largest absolute Gasteiger partial charge is 0.480 e. The smallest absolute Gasteiger partial charge is 0.326 e. The molecule has 9 nitrogen and oxygen atoms in total. The molecule has 11 heteroatoms. The first-order valence-electron chi connectivity index (χ1n) is 12.8. The standard InChI is InChI=1S/C30H27ClN2O7S/c1-17-12-21-16-33(29(35)20-7-6-19-9-11-40-25(19)15-20)10-8-23(21)27(31)26(17)28(34)32-24(30(36)37)14-18-4-3-5-22(13-18)41(2,38)39/h3-7,9,11-13,15,24H,8,10,14,16H2,1-2H3,(H,32,34)(H,36,37). The number of amides is 2. The van der Waals surface area contributed by atoms with Gasteiger partial charge < -0.3 is 19.7 Å². The van der Waals surface area contributed by atoms with Gasteiger partial charge in [0, 0.05) is 36.7 Å². The van der Waals surface area contributed by atoms with Crippen LogP contribution < -0.4 is 5.32 Å². The Labute approximate surface area is 241 Å². The minimum Gasteiger partial charge on any atom is -0.480 e. The molecule has 2 heterocycles. The monoisotopic (exact) mass is 594 g/mol. The first-order chi connectivity index (χ1) is 19.4. The Morgan fingerprint density at radius 1 is 1.12 bits per heavy atom.